The molecule has 7 nitrogen and oxygen atoms in total. The fourth-order valence-corrected chi connectivity index (χ4v) is 3.82. The highest BCUT2D eigenvalue weighted by Crippen LogP contribution is 2.22. The lowest BCUT2D eigenvalue weighted by atomic mass is 10.2. The normalized spacial score (nSPS) is 18.0. The zero-order valence-electron chi connectivity index (χ0n) is 14.6. The standard InChI is InChI=1S/C18H24N6O/c1-23-16-7-4-10-24(12-13(16)11-19-23)17-9-8-15(21-22-17)18(25)20-14-5-2-3-6-14/h8-9,11,14H,2-7,10,12H2,1H3,(H,20,25). The summed E-state index contributed by atoms with van der Waals surface area (Å²) in [5, 5.41) is 15.9. The molecule has 1 fully saturated rings. The van der Waals surface area contributed by atoms with Gasteiger partial charge in [0.05, 0.1) is 6.20 Å². The number of fused-ring (bicyclic) bond motifs is 1. The molecule has 1 aliphatic carbocycles. The van der Waals surface area contributed by atoms with Gasteiger partial charge in [-0.05, 0) is 37.8 Å². The first-order chi connectivity index (χ1) is 12.2. The summed E-state index contributed by atoms with van der Waals surface area (Å²) in [6.45, 7) is 1.71. The number of carbonyl (C=O) groups is 1. The van der Waals surface area contributed by atoms with Gasteiger partial charge < -0.3 is 10.2 Å². The van der Waals surface area contributed by atoms with Crippen molar-refractivity contribution in [3.05, 3.63) is 35.3 Å². The lowest BCUT2D eigenvalue weighted by Gasteiger charge is -2.20. The van der Waals surface area contributed by atoms with Crippen molar-refractivity contribution in [3.8, 4) is 0 Å². The van der Waals surface area contributed by atoms with Crippen LogP contribution in [0.1, 0.15) is 53.8 Å². The second-order valence-corrected chi connectivity index (χ2v) is 7.00. The highest BCUT2D eigenvalue weighted by molar-refractivity contribution is 5.92. The zero-order chi connectivity index (χ0) is 17.2. The van der Waals surface area contributed by atoms with Gasteiger partial charge in [0, 0.05) is 37.4 Å². The second kappa shape index (κ2) is 6.82. The quantitative estimate of drug-likeness (QED) is 0.923. The molecule has 4 rings (SSSR count). The maximum absolute atomic E-state index is 12.3. The molecule has 0 spiro atoms. The fraction of sp³-hybridized carbons (Fsp3) is 0.556. The van der Waals surface area contributed by atoms with Gasteiger partial charge in [0.2, 0.25) is 0 Å². The Labute approximate surface area is 147 Å². The minimum absolute atomic E-state index is 0.114. The monoisotopic (exact) mass is 340 g/mol. The summed E-state index contributed by atoms with van der Waals surface area (Å²) in [7, 11) is 1.99. The molecule has 25 heavy (non-hydrogen) atoms. The molecule has 2 aromatic heterocycles. The molecule has 0 atom stereocenters. The first-order valence-corrected chi connectivity index (χ1v) is 9.10. The molecule has 2 aliphatic rings. The third-order valence-corrected chi connectivity index (χ3v) is 5.25. The Morgan fingerprint density at radius 2 is 2.04 bits per heavy atom. The lowest BCUT2D eigenvalue weighted by molar-refractivity contribution is 0.0932. The second-order valence-electron chi connectivity index (χ2n) is 7.00. The number of carbonyl (C=O) groups excluding carboxylic acids is 1. The molecule has 0 bridgehead atoms. The van der Waals surface area contributed by atoms with Crippen molar-refractivity contribution in [1.82, 2.24) is 25.3 Å². The Morgan fingerprint density at radius 1 is 1.20 bits per heavy atom. The van der Waals surface area contributed by atoms with Crippen molar-refractivity contribution >= 4 is 11.7 Å². The van der Waals surface area contributed by atoms with E-state index in [1.807, 2.05) is 24.0 Å². The van der Waals surface area contributed by atoms with E-state index in [0.717, 1.165) is 44.6 Å². The van der Waals surface area contributed by atoms with Gasteiger partial charge in [0.1, 0.15) is 0 Å². The van der Waals surface area contributed by atoms with E-state index in [2.05, 4.69) is 25.5 Å². The predicted molar refractivity (Wildman–Crippen MR) is 94.3 cm³/mol. The molecule has 0 radical (unpaired) electrons. The number of hydrogen-bond donors (Lipinski definition) is 1. The maximum atomic E-state index is 12.3. The van der Waals surface area contributed by atoms with Crippen molar-refractivity contribution in [2.75, 3.05) is 11.4 Å². The zero-order valence-corrected chi connectivity index (χ0v) is 14.6. The van der Waals surface area contributed by atoms with Crippen LogP contribution in [-0.4, -0.2) is 38.5 Å². The van der Waals surface area contributed by atoms with E-state index in [1.54, 1.807) is 6.07 Å². The van der Waals surface area contributed by atoms with Gasteiger partial charge >= 0.3 is 0 Å². The third kappa shape index (κ3) is 3.36. The molecule has 0 aromatic carbocycles. The molecular weight excluding hydrogens is 316 g/mol. The van der Waals surface area contributed by atoms with E-state index in [1.165, 1.54) is 24.1 Å². The molecular formula is C18H24N6O. The molecule has 132 valence electrons. The molecule has 1 N–H and O–H groups in total. The molecule has 7 heteroatoms. The molecule has 0 unspecified atom stereocenters. The Bertz CT molecular complexity index is 747. The van der Waals surface area contributed by atoms with E-state index >= 15 is 0 Å². The van der Waals surface area contributed by atoms with Crippen LogP contribution in [0.2, 0.25) is 0 Å². The average Bonchev–Trinajstić information content (AvgIpc) is 3.19. The number of hydrogen-bond acceptors (Lipinski definition) is 5. The van der Waals surface area contributed by atoms with E-state index < -0.39 is 0 Å². The van der Waals surface area contributed by atoms with Gasteiger partial charge in [-0.15, -0.1) is 10.2 Å². The Balaban J connectivity index is 1.45. The Morgan fingerprint density at radius 3 is 2.80 bits per heavy atom. The highest BCUT2D eigenvalue weighted by Gasteiger charge is 2.21. The van der Waals surface area contributed by atoms with Crippen molar-refractivity contribution in [2.24, 2.45) is 7.05 Å². The molecule has 1 aliphatic heterocycles. The highest BCUT2D eigenvalue weighted by atomic mass is 16.2. The number of anilines is 1. The van der Waals surface area contributed by atoms with Gasteiger partial charge in [0.15, 0.2) is 11.5 Å². The van der Waals surface area contributed by atoms with E-state index in [0.29, 0.717) is 11.7 Å². The lowest BCUT2D eigenvalue weighted by Crippen LogP contribution is -2.33. The predicted octanol–water partition coefficient (Wildman–Crippen LogP) is 1.84. The SMILES string of the molecule is Cn1ncc2c1CCCN(c1ccc(C(=O)NC3CCCC3)nn1)C2. The number of aromatic nitrogens is 4. The van der Waals surface area contributed by atoms with E-state index in [9.17, 15) is 4.79 Å². The van der Waals surface area contributed by atoms with Gasteiger partial charge in [-0.2, -0.15) is 5.10 Å². The van der Waals surface area contributed by atoms with Crippen LogP contribution >= 0.6 is 0 Å². The Hall–Kier alpha value is -2.44. The van der Waals surface area contributed by atoms with Crippen molar-refractivity contribution in [2.45, 2.75) is 51.1 Å². The topological polar surface area (TPSA) is 75.9 Å². The Kier molecular flexibility index (Phi) is 4.38. The molecule has 3 heterocycles. The minimum Gasteiger partial charge on any atom is -0.351 e. The van der Waals surface area contributed by atoms with E-state index in [4.69, 9.17) is 0 Å². The van der Waals surface area contributed by atoms with Gasteiger partial charge in [0.25, 0.3) is 5.91 Å². The summed E-state index contributed by atoms with van der Waals surface area (Å²) < 4.78 is 1.96. The molecule has 1 amide bonds. The summed E-state index contributed by atoms with van der Waals surface area (Å²) in [5.74, 6) is 0.700. The maximum Gasteiger partial charge on any atom is 0.272 e. The number of nitrogens with one attached hydrogen (secondary N) is 1. The summed E-state index contributed by atoms with van der Waals surface area (Å²) >= 11 is 0. The first kappa shape index (κ1) is 16.1. The van der Waals surface area contributed by atoms with Crippen LogP contribution in [0.3, 0.4) is 0 Å². The van der Waals surface area contributed by atoms with Gasteiger partial charge in [-0.3, -0.25) is 9.48 Å². The number of aryl methyl sites for hydroxylation is 1. The summed E-state index contributed by atoms with van der Waals surface area (Å²) in [6.07, 6.45) is 8.54. The minimum atomic E-state index is -0.114. The van der Waals surface area contributed by atoms with Crippen LogP contribution in [0.25, 0.3) is 0 Å². The van der Waals surface area contributed by atoms with Crippen LogP contribution in [0.5, 0.6) is 0 Å². The van der Waals surface area contributed by atoms with Crippen LogP contribution in [-0.2, 0) is 20.0 Å². The number of nitrogens with zero attached hydrogens (tertiary/aromatic N) is 5. The van der Waals surface area contributed by atoms with Crippen molar-refractivity contribution < 1.29 is 4.79 Å². The van der Waals surface area contributed by atoms with Crippen LogP contribution < -0.4 is 10.2 Å². The van der Waals surface area contributed by atoms with E-state index in [-0.39, 0.29) is 5.91 Å². The molecule has 1 saturated carbocycles. The fourth-order valence-electron chi connectivity index (χ4n) is 3.82. The van der Waals surface area contributed by atoms with Crippen LogP contribution in [0.4, 0.5) is 5.82 Å². The summed E-state index contributed by atoms with van der Waals surface area (Å²) in [4.78, 5) is 14.5. The van der Waals surface area contributed by atoms with Crippen LogP contribution in [0, 0.1) is 0 Å². The van der Waals surface area contributed by atoms with Gasteiger partial charge in [-0.1, -0.05) is 12.8 Å². The number of amides is 1. The third-order valence-electron chi connectivity index (χ3n) is 5.25. The van der Waals surface area contributed by atoms with Crippen molar-refractivity contribution in [3.63, 3.8) is 0 Å². The smallest absolute Gasteiger partial charge is 0.272 e. The number of rotatable bonds is 3. The average molecular weight is 340 g/mol. The molecule has 0 saturated heterocycles. The first-order valence-electron chi connectivity index (χ1n) is 9.10. The van der Waals surface area contributed by atoms with Crippen molar-refractivity contribution in [1.29, 1.82) is 0 Å². The summed E-state index contributed by atoms with van der Waals surface area (Å²) in [6, 6.07) is 3.98. The molecule has 2 aromatic rings. The largest absolute Gasteiger partial charge is 0.351 e. The summed E-state index contributed by atoms with van der Waals surface area (Å²) in [5.41, 5.74) is 2.93. The van der Waals surface area contributed by atoms with Gasteiger partial charge in [-0.25, -0.2) is 0 Å². The van der Waals surface area contributed by atoms with Crippen LogP contribution in [0.15, 0.2) is 18.3 Å².